The van der Waals surface area contributed by atoms with Crippen LogP contribution in [-0.2, 0) is 7.05 Å². The summed E-state index contributed by atoms with van der Waals surface area (Å²) in [6.45, 7) is 1.79. The van der Waals surface area contributed by atoms with Gasteiger partial charge in [0, 0.05) is 19.3 Å². The maximum absolute atomic E-state index is 11.5. The van der Waals surface area contributed by atoms with Gasteiger partial charge in [0.1, 0.15) is 0 Å². The standard InChI is InChI=1S/C9H12N4O/c1-7(3-4-10)12-9(14)8-5-11-13(2)6-8/h5-7H,3H2,1-2H3,(H,12,14). The van der Waals surface area contributed by atoms with Gasteiger partial charge in [0.05, 0.1) is 24.3 Å². The summed E-state index contributed by atoms with van der Waals surface area (Å²) in [5, 5.41) is 15.0. The molecular weight excluding hydrogens is 180 g/mol. The molecule has 1 heterocycles. The molecule has 74 valence electrons. The number of rotatable bonds is 3. The first kappa shape index (κ1) is 10.3. The molecule has 0 fully saturated rings. The van der Waals surface area contributed by atoms with E-state index in [1.807, 2.05) is 6.07 Å². The molecular formula is C9H12N4O. The van der Waals surface area contributed by atoms with Crippen molar-refractivity contribution in [3.05, 3.63) is 18.0 Å². The summed E-state index contributed by atoms with van der Waals surface area (Å²) in [6, 6.07) is 1.86. The van der Waals surface area contributed by atoms with Crippen LogP contribution in [0.15, 0.2) is 12.4 Å². The Kier molecular flexibility index (Phi) is 3.24. The zero-order valence-electron chi connectivity index (χ0n) is 8.19. The highest BCUT2D eigenvalue weighted by molar-refractivity contribution is 5.93. The molecule has 0 aliphatic heterocycles. The molecule has 0 saturated heterocycles. The van der Waals surface area contributed by atoms with Crippen LogP contribution in [0.4, 0.5) is 0 Å². The lowest BCUT2D eigenvalue weighted by atomic mass is 10.2. The summed E-state index contributed by atoms with van der Waals surface area (Å²) in [4.78, 5) is 11.5. The Bertz CT molecular complexity index is 363. The summed E-state index contributed by atoms with van der Waals surface area (Å²) < 4.78 is 1.56. The fourth-order valence-corrected chi connectivity index (χ4v) is 1.03. The Hall–Kier alpha value is -1.83. The van der Waals surface area contributed by atoms with Gasteiger partial charge >= 0.3 is 0 Å². The van der Waals surface area contributed by atoms with Crippen molar-refractivity contribution in [2.45, 2.75) is 19.4 Å². The van der Waals surface area contributed by atoms with Crippen LogP contribution in [0.1, 0.15) is 23.7 Å². The minimum atomic E-state index is -0.194. The van der Waals surface area contributed by atoms with Crippen LogP contribution < -0.4 is 5.32 Å². The van der Waals surface area contributed by atoms with Crippen LogP contribution in [0.5, 0.6) is 0 Å². The van der Waals surface area contributed by atoms with Gasteiger partial charge in [-0.1, -0.05) is 0 Å². The first-order valence-corrected chi connectivity index (χ1v) is 4.30. The maximum atomic E-state index is 11.5. The van der Waals surface area contributed by atoms with Gasteiger partial charge in [-0.3, -0.25) is 9.48 Å². The number of nitrogens with one attached hydrogen (secondary N) is 1. The molecule has 1 rings (SSSR count). The molecule has 1 aromatic rings. The van der Waals surface area contributed by atoms with Gasteiger partial charge in [0.2, 0.25) is 0 Å². The molecule has 1 atom stereocenters. The predicted molar refractivity (Wildman–Crippen MR) is 50.4 cm³/mol. The third-order valence-corrected chi connectivity index (χ3v) is 1.74. The van der Waals surface area contributed by atoms with Gasteiger partial charge in [0.15, 0.2) is 0 Å². The fourth-order valence-electron chi connectivity index (χ4n) is 1.03. The lowest BCUT2D eigenvalue weighted by molar-refractivity contribution is 0.0941. The number of amides is 1. The van der Waals surface area contributed by atoms with Crippen molar-refractivity contribution >= 4 is 5.91 Å². The summed E-state index contributed by atoms with van der Waals surface area (Å²) in [7, 11) is 1.75. The molecule has 0 aliphatic carbocycles. The van der Waals surface area contributed by atoms with E-state index < -0.39 is 0 Å². The monoisotopic (exact) mass is 192 g/mol. The number of nitrogens with zero attached hydrogens (tertiary/aromatic N) is 3. The molecule has 0 spiro atoms. The summed E-state index contributed by atoms with van der Waals surface area (Å²) in [5.74, 6) is -0.194. The van der Waals surface area contributed by atoms with E-state index in [4.69, 9.17) is 5.26 Å². The first-order valence-electron chi connectivity index (χ1n) is 4.30. The summed E-state index contributed by atoms with van der Waals surface area (Å²) in [5.41, 5.74) is 0.511. The smallest absolute Gasteiger partial charge is 0.254 e. The number of hydrogen-bond donors (Lipinski definition) is 1. The zero-order chi connectivity index (χ0) is 10.6. The van der Waals surface area contributed by atoms with E-state index in [2.05, 4.69) is 10.4 Å². The number of nitriles is 1. The molecule has 0 bridgehead atoms. The Morgan fingerprint density at radius 2 is 2.57 bits per heavy atom. The number of aromatic nitrogens is 2. The van der Waals surface area contributed by atoms with Gasteiger partial charge in [-0.15, -0.1) is 0 Å². The van der Waals surface area contributed by atoms with E-state index in [1.54, 1.807) is 24.9 Å². The van der Waals surface area contributed by atoms with E-state index in [-0.39, 0.29) is 11.9 Å². The molecule has 0 radical (unpaired) electrons. The second kappa shape index (κ2) is 4.42. The molecule has 1 amide bonds. The van der Waals surface area contributed by atoms with E-state index >= 15 is 0 Å². The average molecular weight is 192 g/mol. The van der Waals surface area contributed by atoms with Crippen molar-refractivity contribution in [1.82, 2.24) is 15.1 Å². The third kappa shape index (κ3) is 2.59. The topological polar surface area (TPSA) is 70.7 Å². The van der Waals surface area contributed by atoms with Gasteiger partial charge in [-0.2, -0.15) is 10.4 Å². The largest absolute Gasteiger partial charge is 0.348 e. The average Bonchev–Trinajstić information content (AvgIpc) is 2.52. The van der Waals surface area contributed by atoms with Gasteiger partial charge in [-0.05, 0) is 6.92 Å². The summed E-state index contributed by atoms with van der Waals surface area (Å²) >= 11 is 0. The van der Waals surface area contributed by atoms with E-state index in [0.717, 1.165) is 0 Å². The van der Waals surface area contributed by atoms with Crippen LogP contribution in [0.2, 0.25) is 0 Å². The van der Waals surface area contributed by atoms with Gasteiger partial charge in [0.25, 0.3) is 5.91 Å². The molecule has 0 saturated carbocycles. The SMILES string of the molecule is CC(CC#N)NC(=O)c1cnn(C)c1. The van der Waals surface area contributed by atoms with Crippen molar-refractivity contribution in [2.75, 3.05) is 0 Å². The Labute approximate surface area is 82.3 Å². The Morgan fingerprint density at radius 3 is 3.07 bits per heavy atom. The highest BCUT2D eigenvalue weighted by Crippen LogP contribution is 1.97. The van der Waals surface area contributed by atoms with Gasteiger partial charge < -0.3 is 5.32 Å². The van der Waals surface area contributed by atoms with Crippen molar-refractivity contribution in [3.63, 3.8) is 0 Å². The molecule has 0 aliphatic rings. The van der Waals surface area contributed by atoms with Crippen LogP contribution in [0.25, 0.3) is 0 Å². The van der Waals surface area contributed by atoms with Crippen molar-refractivity contribution < 1.29 is 4.79 Å². The van der Waals surface area contributed by atoms with Crippen molar-refractivity contribution in [2.24, 2.45) is 7.05 Å². The predicted octanol–water partition coefficient (Wildman–Crippen LogP) is 0.452. The van der Waals surface area contributed by atoms with Crippen molar-refractivity contribution in [3.8, 4) is 6.07 Å². The van der Waals surface area contributed by atoms with E-state index in [9.17, 15) is 4.79 Å². The minimum Gasteiger partial charge on any atom is -0.348 e. The highest BCUT2D eigenvalue weighted by atomic mass is 16.1. The van der Waals surface area contributed by atoms with Crippen LogP contribution >= 0.6 is 0 Å². The molecule has 14 heavy (non-hydrogen) atoms. The van der Waals surface area contributed by atoms with Crippen LogP contribution in [-0.4, -0.2) is 21.7 Å². The van der Waals surface area contributed by atoms with Crippen LogP contribution in [0, 0.1) is 11.3 Å². The van der Waals surface area contributed by atoms with E-state index in [1.165, 1.54) is 6.20 Å². The lowest BCUT2D eigenvalue weighted by Gasteiger charge is -2.08. The number of aryl methyl sites for hydroxylation is 1. The normalized spacial score (nSPS) is 11.8. The van der Waals surface area contributed by atoms with Crippen LogP contribution in [0.3, 0.4) is 0 Å². The number of hydrogen-bond acceptors (Lipinski definition) is 3. The fraction of sp³-hybridized carbons (Fsp3) is 0.444. The second-order valence-electron chi connectivity index (χ2n) is 3.14. The molecule has 1 aromatic heterocycles. The second-order valence-corrected chi connectivity index (χ2v) is 3.14. The quantitative estimate of drug-likeness (QED) is 0.755. The zero-order valence-corrected chi connectivity index (χ0v) is 8.19. The number of carbonyl (C=O) groups excluding carboxylic acids is 1. The number of carbonyl (C=O) groups is 1. The Balaban J connectivity index is 2.55. The third-order valence-electron chi connectivity index (χ3n) is 1.74. The molecule has 1 N–H and O–H groups in total. The summed E-state index contributed by atoms with van der Waals surface area (Å²) in [6.07, 6.45) is 3.44. The van der Waals surface area contributed by atoms with Gasteiger partial charge in [-0.25, -0.2) is 0 Å². The minimum absolute atomic E-state index is 0.132. The molecule has 0 aromatic carbocycles. The van der Waals surface area contributed by atoms with Crippen molar-refractivity contribution in [1.29, 1.82) is 5.26 Å². The van der Waals surface area contributed by atoms with E-state index in [0.29, 0.717) is 12.0 Å². The first-order chi connectivity index (χ1) is 6.63. The molecule has 5 heteroatoms. The Morgan fingerprint density at radius 1 is 1.86 bits per heavy atom. The highest BCUT2D eigenvalue weighted by Gasteiger charge is 2.10. The maximum Gasteiger partial charge on any atom is 0.254 e. The molecule has 1 unspecified atom stereocenters. The lowest BCUT2D eigenvalue weighted by Crippen LogP contribution is -2.31. The molecule has 5 nitrogen and oxygen atoms in total.